The Morgan fingerprint density at radius 3 is 1.16 bits per heavy atom. The standard InChI is InChI=1S/2C16H16N2O4/c2*1-2-17(13-6-4-3-5-7-13)16(19)12-22-15-10-8-14(9-11-15)18(20)21/h2*3-11H,2,12H2,1H3. The van der Waals surface area contributed by atoms with Gasteiger partial charge >= 0.3 is 0 Å². The highest BCUT2D eigenvalue weighted by molar-refractivity contribution is 5.95. The number of hydrogen-bond donors (Lipinski definition) is 0. The number of nitro groups is 2. The van der Waals surface area contributed by atoms with E-state index in [9.17, 15) is 29.8 Å². The zero-order chi connectivity index (χ0) is 31.9. The first-order chi connectivity index (χ1) is 21.2. The number of amides is 2. The number of hydrogen-bond acceptors (Lipinski definition) is 8. The molecule has 0 unspecified atom stereocenters. The minimum atomic E-state index is -0.483. The number of non-ortho nitro benzene ring substituents is 2. The van der Waals surface area contributed by atoms with E-state index in [1.54, 1.807) is 9.80 Å². The van der Waals surface area contributed by atoms with Gasteiger partial charge in [-0.25, -0.2) is 0 Å². The normalized spacial score (nSPS) is 10.0. The molecular formula is C32H32N4O8. The smallest absolute Gasteiger partial charge is 0.269 e. The van der Waals surface area contributed by atoms with Crippen molar-refractivity contribution in [2.45, 2.75) is 13.8 Å². The van der Waals surface area contributed by atoms with Crippen molar-refractivity contribution in [2.75, 3.05) is 36.1 Å². The molecule has 0 aromatic heterocycles. The first-order valence-electron chi connectivity index (χ1n) is 13.7. The number of ether oxygens (including phenoxy) is 2. The van der Waals surface area contributed by atoms with Crippen molar-refractivity contribution in [3.8, 4) is 11.5 Å². The van der Waals surface area contributed by atoms with Gasteiger partial charge in [0.25, 0.3) is 23.2 Å². The minimum absolute atomic E-state index is 0.0156. The van der Waals surface area contributed by atoms with Crippen LogP contribution in [0.3, 0.4) is 0 Å². The number of rotatable bonds is 12. The summed E-state index contributed by atoms with van der Waals surface area (Å²) in [6, 6.07) is 29.9. The second-order valence-corrected chi connectivity index (χ2v) is 9.03. The van der Waals surface area contributed by atoms with Gasteiger partial charge in [0.05, 0.1) is 9.85 Å². The number of benzene rings is 4. The lowest BCUT2D eigenvalue weighted by Gasteiger charge is -2.21. The summed E-state index contributed by atoms with van der Waals surface area (Å²) in [5, 5.41) is 21.1. The van der Waals surface area contributed by atoms with Crippen LogP contribution < -0.4 is 19.3 Å². The van der Waals surface area contributed by atoms with Crippen LogP contribution in [-0.2, 0) is 9.59 Å². The number of nitro benzene ring substituents is 2. The molecule has 0 N–H and O–H groups in total. The van der Waals surface area contributed by atoms with Crippen LogP contribution in [0.25, 0.3) is 0 Å². The molecule has 0 aliphatic carbocycles. The molecule has 228 valence electrons. The van der Waals surface area contributed by atoms with E-state index >= 15 is 0 Å². The van der Waals surface area contributed by atoms with Crippen molar-refractivity contribution in [3.63, 3.8) is 0 Å². The van der Waals surface area contributed by atoms with Gasteiger partial charge in [-0.1, -0.05) is 36.4 Å². The van der Waals surface area contributed by atoms with Gasteiger partial charge in [-0.05, 0) is 62.4 Å². The molecule has 0 spiro atoms. The molecule has 0 bridgehead atoms. The summed E-state index contributed by atoms with van der Waals surface area (Å²) in [6.45, 7) is 4.59. The van der Waals surface area contributed by atoms with Crippen LogP contribution in [-0.4, -0.2) is 48.0 Å². The van der Waals surface area contributed by atoms with E-state index in [4.69, 9.17) is 9.47 Å². The molecule has 44 heavy (non-hydrogen) atoms. The Hall–Kier alpha value is -5.78. The van der Waals surface area contributed by atoms with E-state index in [1.807, 2.05) is 74.5 Å². The fourth-order valence-corrected chi connectivity index (χ4v) is 4.00. The first kappa shape index (κ1) is 32.7. The Balaban J connectivity index is 0.000000240. The number of carbonyl (C=O) groups excluding carboxylic acids is 2. The van der Waals surface area contributed by atoms with E-state index in [2.05, 4.69) is 0 Å². The third-order valence-electron chi connectivity index (χ3n) is 6.19. The van der Waals surface area contributed by atoms with Crippen molar-refractivity contribution in [2.24, 2.45) is 0 Å². The molecule has 0 atom stereocenters. The van der Waals surface area contributed by atoms with Gasteiger partial charge < -0.3 is 19.3 Å². The topological polar surface area (TPSA) is 145 Å². The molecule has 0 saturated carbocycles. The summed E-state index contributed by atoms with van der Waals surface area (Å²) in [4.78, 5) is 47.8. The van der Waals surface area contributed by atoms with Gasteiger partial charge in [0, 0.05) is 48.7 Å². The predicted molar refractivity (Wildman–Crippen MR) is 166 cm³/mol. The summed E-state index contributed by atoms with van der Waals surface area (Å²) < 4.78 is 10.8. The molecule has 4 aromatic carbocycles. The van der Waals surface area contributed by atoms with Gasteiger partial charge in [-0.15, -0.1) is 0 Å². The zero-order valence-corrected chi connectivity index (χ0v) is 24.3. The van der Waals surface area contributed by atoms with Gasteiger partial charge in [0.15, 0.2) is 13.2 Å². The van der Waals surface area contributed by atoms with Crippen molar-refractivity contribution < 1.29 is 28.9 Å². The molecule has 0 aliphatic rings. The van der Waals surface area contributed by atoms with Crippen molar-refractivity contribution in [1.82, 2.24) is 0 Å². The number of nitrogens with zero attached hydrogens (tertiary/aromatic N) is 4. The average molecular weight is 601 g/mol. The van der Waals surface area contributed by atoms with Crippen LogP contribution in [0.15, 0.2) is 109 Å². The third-order valence-corrected chi connectivity index (χ3v) is 6.19. The summed E-state index contributed by atoms with van der Waals surface area (Å²) in [6.07, 6.45) is 0. The molecule has 0 aliphatic heterocycles. The predicted octanol–water partition coefficient (Wildman–Crippen LogP) is 6.05. The maximum atomic E-state index is 12.2. The van der Waals surface area contributed by atoms with E-state index < -0.39 is 9.85 Å². The average Bonchev–Trinajstić information content (AvgIpc) is 3.05. The summed E-state index contributed by atoms with van der Waals surface area (Å²) in [5.41, 5.74) is 1.58. The highest BCUT2D eigenvalue weighted by Gasteiger charge is 2.16. The summed E-state index contributed by atoms with van der Waals surface area (Å²) in [7, 11) is 0. The largest absolute Gasteiger partial charge is 0.484 e. The monoisotopic (exact) mass is 600 g/mol. The molecule has 4 rings (SSSR count). The molecular weight excluding hydrogens is 568 g/mol. The molecule has 0 heterocycles. The van der Waals surface area contributed by atoms with Crippen molar-refractivity contribution in [3.05, 3.63) is 129 Å². The fourth-order valence-electron chi connectivity index (χ4n) is 4.00. The van der Waals surface area contributed by atoms with Crippen molar-refractivity contribution in [1.29, 1.82) is 0 Å². The molecule has 0 radical (unpaired) electrons. The number of para-hydroxylation sites is 2. The van der Waals surface area contributed by atoms with Crippen LogP contribution in [0.1, 0.15) is 13.8 Å². The van der Waals surface area contributed by atoms with Crippen LogP contribution in [0.2, 0.25) is 0 Å². The first-order valence-corrected chi connectivity index (χ1v) is 13.7. The Kier molecular flexibility index (Phi) is 12.4. The SMILES string of the molecule is CCN(C(=O)COc1ccc([N+](=O)[O-])cc1)c1ccccc1.CCN(C(=O)COc1ccc([N+](=O)[O-])cc1)c1ccccc1. The molecule has 0 saturated heterocycles. The summed E-state index contributed by atoms with van der Waals surface area (Å²) in [5.74, 6) is 0.491. The van der Waals surface area contributed by atoms with Crippen LogP contribution in [0, 0.1) is 20.2 Å². The lowest BCUT2D eigenvalue weighted by molar-refractivity contribution is -0.385. The van der Waals surface area contributed by atoms with E-state index in [1.165, 1.54) is 48.5 Å². The Labute approximate surface area is 254 Å². The number of likely N-dealkylation sites (N-methyl/N-ethyl adjacent to an activating group) is 2. The number of carbonyl (C=O) groups is 2. The fraction of sp³-hybridized carbons (Fsp3) is 0.188. The lowest BCUT2D eigenvalue weighted by Crippen LogP contribution is -2.34. The van der Waals surface area contributed by atoms with Gasteiger partial charge in [0.1, 0.15) is 11.5 Å². The summed E-state index contributed by atoms with van der Waals surface area (Å²) >= 11 is 0. The quantitative estimate of drug-likeness (QED) is 0.141. The maximum Gasteiger partial charge on any atom is 0.269 e. The third kappa shape index (κ3) is 9.65. The second kappa shape index (κ2) is 16.6. The zero-order valence-electron chi connectivity index (χ0n) is 24.3. The van der Waals surface area contributed by atoms with Gasteiger partial charge in [-0.2, -0.15) is 0 Å². The van der Waals surface area contributed by atoms with Crippen LogP contribution >= 0.6 is 0 Å². The molecule has 12 nitrogen and oxygen atoms in total. The molecule has 12 heteroatoms. The van der Waals surface area contributed by atoms with Crippen LogP contribution in [0.4, 0.5) is 22.7 Å². The van der Waals surface area contributed by atoms with E-state index in [-0.39, 0.29) is 36.4 Å². The van der Waals surface area contributed by atoms with Crippen LogP contribution in [0.5, 0.6) is 11.5 Å². The molecule has 4 aromatic rings. The highest BCUT2D eigenvalue weighted by Crippen LogP contribution is 2.20. The number of anilines is 2. The Morgan fingerprint density at radius 1 is 0.568 bits per heavy atom. The van der Waals surface area contributed by atoms with Gasteiger partial charge in [0.2, 0.25) is 0 Å². The highest BCUT2D eigenvalue weighted by atomic mass is 16.6. The maximum absolute atomic E-state index is 12.2. The van der Waals surface area contributed by atoms with Gasteiger partial charge in [-0.3, -0.25) is 29.8 Å². The second-order valence-electron chi connectivity index (χ2n) is 9.03. The molecule has 0 fully saturated rings. The Morgan fingerprint density at radius 2 is 0.886 bits per heavy atom. The minimum Gasteiger partial charge on any atom is -0.484 e. The van der Waals surface area contributed by atoms with E-state index in [0.29, 0.717) is 24.6 Å². The Bertz CT molecular complexity index is 1400. The lowest BCUT2D eigenvalue weighted by atomic mass is 10.3. The van der Waals surface area contributed by atoms with E-state index in [0.717, 1.165) is 11.4 Å². The van der Waals surface area contributed by atoms with Crippen molar-refractivity contribution >= 4 is 34.6 Å². The molecule has 2 amide bonds.